The molecule has 1 saturated carbocycles. The highest BCUT2D eigenvalue weighted by Crippen LogP contribution is 2.29. The Morgan fingerprint density at radius 3 is 2.28 bits per heavy atom. The van der Waals surface area contributed by atoms with Gasteiger partial charge in [0.1, 0.15) is 5.82 Å². The quantitative estimate of drug-likeness (QED) is 0.562. The lowest BCUT2D eigenvalue weighted by atomic mass is 10.1. The third-order valence-corrected chi connectivity index (χ3v) is 8.55. The molecule has 172 valence electrons. The number of anilines is 1. The van der Waals surface area contributed by atoms with Crippen molar-refractivity contribution in [2.75, 3.05) is 31.1 Å². The maximum Gasteiger partial charge on any atom is 0.267 e. The fourth-order valence-corrected chi connectivity index (χ4v) is 5.93. The van der Waals surface area contributed by atoms with Crippen molar-refractivity contribution in [2.24, 2.45) is 0 Å². The van der Waals surface area contributed by atoms with Gasteiger partial charge in [-0.1, -0.05) is 39.1 Å². The van der Waals surface area contributed by atoms with E-state index in [1.807, 2.05) is 16.9 Å². The van der Waals surface area contributed by atoms with Gasteiger partial charge in [0, 0.05) is 52.9 Å². The fraction of sp³-hybridized carbons (Fsp3) is 0.381. The van der Waals surface area contributed by atoms with E-state index in [0.29, 0.717) is 39.5 Å². The van der Waals surface area contributed by atoms with E-state index in [9.17, 15) is 17.6 Å². The van der Waals surface area contributed by atoms with Crippen molar-refractivity contribution in [1.29, 1.82) is 0 Å². The van der Waals surface area contributed by atoms with Crippen molar-refractivity contribution in [1.82, 2.24) is 9.62 Å². The molecule has 1 aliphatic heterocycles. The van der Waals surface area contributed by atoms with Crippen molar-refractivity contribution in [3.8, 4) is 0 Å². The van der Waals surface area contributed by atoms with Gasteiger partial charge in [-0.25, -0.2) is 17.5 Å². The third-order valence-electron chi connectivity index (χ3n) is 5.56. The van der Waals surface area contributed by atoms with Crippen LogP contribution in [0.5, 0.6) is 0 Å². The van der Waals surface area contributed by atoms with E-state index in [4.69, 9.17) is 23.2 Å². The molecule has 1 N–H and O–H groups in total. The molecule has 1 aliphatic carbocycles. The summed E-state index contributed by atoms with van der Waals surface area (Å²) in [6.07, 6.45) is 1.04. The predicted molar refractivity (Wildman–Crippen MR) is 127 cm³/mol. The standard InChI is InChI=1S/C21H21BrCl2FN3O3S/c22-19-11-18(21(29)26-32(30,31)17-1-2-17)20(25)7-13(19)12-27-3-5-28(6-4-27)16-9-14(23)8-15(24)10-16/h7-11,17H,1-6,12H2,(H,26,29). The minimum Gasteiger partial charge on any atom is -0.369 e. The van der Waals surface area contributed by atoms with Crippen LogP contribution in [-0.4, -0.2) is 50.7 Å². The molecule has 2 aromatic carbocycles. The molecule has 0 atom stereocenters. The molecule has 1 amide bonds. The van der Waals surface area contributed by atoms with E-state index < -0.39 is 27.0 Å². The SMILES string of the molecule is O=C(NS(=O)(=O)C1CC1)c1cc(Br)c(CN2CCN(c3cc(Cl)cc(Cl)c3)CC2)cc1F. The number of carbonyl (C=O) groups is 1. The Labute approximate surface area is 204 Å². The highest BCUT2D eigenvalue weighted by atomic mass is 79.9. The molecule has 6 nitrogen and oxygen atoms in total. The first-order chi connectivity index (χ1) is 15.1. The molecule has 2 aliphatic rings. The molecule has 1 saturated heterocycles. The molecule has 0 radical (unpaired) electrons. The van der Waals surface area contributed by atoms with E-state index >= 15 is 0 Å². The van der Waals surface area contributed by atoms with Crippen molar-refractivity contribution < 1.29 is 17.6 Å². The van der Waals surface area contributed by atoms with Crippen LogP contribution < -0.4 is 9.62 Å². The van der Waals surface area contributed by atoms with E-state index in [1.54, 1.807) is 6.07 Å². The van der Waals surface area contributed by atoms with Crippen molar-refractivity contribution >= 4 is 60.7 Å². The molecule has 2 fully saturated rings. The Hall–Kier alpha value is -1.39. The van der Waals surface area contributed by atoms with E-state index in [1.165, 1.54) is 12.1 Å². The van der Waals surface area contributed by atoms with Crippen LogP contribution in [0.25, 0.3) is 0 Å². The summed E-state index contributed by atoms with van der Waals surface area (Å²) in [4.78, 5) is 16.7. The summed E-state index contributed by atoms with van der Waals surface area (Å²) in [6.45, 7) is 3.51. The van der Waals surface area contributed by atoms with Crippen LogP contribution in [0.4, 0.5) is 10.1 Å². The maximum atomic E-state index is 14.7. The predicted octanol–water partition coefficient (Wildman–Crippen LogP) is 4.44. The smallest absolute Gasteiger partial charge is 0.267 e. The van der Waals surface area contributed by atoms with Crippen LogP contribution in [-0.2, 0) is 16.6 Å². The first kappa shape index (κ1) is 23.8. The van der Waals surface area contributed by atoms with Gasteiger partial charge in [0.15, 0.2) is 0 Å². The number of hydrogen-bond donors (Lipinski definition) is 1. The average molecular weight is 565 g/mol. The van der Waals surface area contributed by atoms with Crippen molar-refractivity contribution in [2.45, 2.75) is 24.6 Å². The Kier molecular flexibility index (Phi) is 7.03. The van der Waals surface area contributed by atoms with Gasteiger partial charge in [0.05, 0.1) is 10.8 Å². The van der Waals surface area contributed by atoms with Crippen LogP contribution >= 0.6 is 39.1 Å². The van der Waals surface area contributed by atoms with Crippen molar-refractivity contribution in [3.05, 3.63) is 61.8 Å². The lowest BCUT2D eigenvalue weighted by Gasteiger charge is -2.36. The second-order valence-corrected chi connectivity index (χ2v) is 11.7. The Morgan fingerprint density at radius 1 is 1.06 bits per heavy atom. The molecule has 1 heterocycles. The lowest BCUT2D eigenvalue weighted by molar-refractivity contribution is 0.0977. The molecule has 32 heavy (non-hydrogen) atoms. The lowest BCUT2D eigenvalue weighted by Crippen LogP contribution is -2.46. The van der Waals surface area contributed by atoms with Crippen LogP contribution in [0.2, 0.25) is 10.0 Å². The summed E-state index contributed by atoms with van der Waals surface area (Å²) in [6, 6.07) is 8.07. The molecule has 0 bridgehead atoms. The van der Waals surface area contributed by atoms with Gasteiger partial charge < -0.3 is 4.90 Å². The second kappa shape index (κ2) is 9.46. The minimum absolute atomic E-state index is 0.299. The first-order valence-electron chi connectivity index (χ1n) is 10.1. The molecular weight excluding hydrogens is 544 g/mol. The Balaban J connectivity index is 1.39. The maximum absolute atomic E-state index is 14.7. The average Bonchev–Trinajstić information content (AvgIpc) is 3.56. The molecule has 0 unspecified atom stereocenters. The fourth-order valence-electron chi connectivity index (χ4n) is 3.66. The Morgan fingerprint density at radius 2 is 1.69 bits per heavy atom. The van der Waals surface area contributed by atoms with E-state index in [2.05, 4.69) is 25.7 Å². The van der Waals surface area contributed by atoms with Crippen LogP contribution in [0.3, 0.4) is 0 Å². The number of rotatable bonds is 6. The molecule has 4 rings (SSSR count). The highest BCUT2D eigenvalue weighted by Gasteiger charge is 2.37. The Bertz CT molecular complexity index is 1130. The number of halogens is 4. The van der Waals surface area contributed by atoms with Gasteiger partial charge in [-0.05, 0) is 48.7 Å². The molecule has 0 spiro atoms. The molecular formula is C21H21BrCl2FN3O3S. The number of nitrogens with zero attached hydrogens (tertiary/aromatic N) is 2. The minimum atomic E-state index is -3.74. The monoisotopic (exact) mass is 563 g/mol. The van der Waals surface area contributed by atoms with Crippen LogP contribution in [0.15, 0.2) is 34.8 Å². The van der Waals surface area contributed by atoms with Crippen LogP contribution in [0, 0.1) is 5.82 Å². The van der Waals surface area contributed by atoms with Gasteiger partial charge in [-0.15, -0.1) is 0 Å². The molecule has 11 heteroatoms. The topological polar surface area (TPSA) is 69.7 Å². The van der Waals surface area contributed by atoms with E-state index in [0.717, 1.165) is 31.9 Å². The van der Waals surface area contributed by atoms with Crippen LogP contribution in [0.1, 0.15) is 28.8 Å². The number of sulfonamides is 1. The summed E-state index contributed by atoms with van der Waals surface area (Å²) in [5, 5.41) is 0.616. The van der Waals surface area contributed by atoms with Gasteiger partial charge in [-0.2, -0.15) is 0 Å². The number of amides is 1. The zero-order chi connectivity index (χ0) is 23.0. The number of hydrogen-bond acceptors (Lipinski definition) is 5. The normalized spacial score (nSPS) is 17.4. The zero-order valence-corrected chi connectivity index (χ0v) is 20.9. The number of nitrogens with one attached hydrogen (secondary N) is 1. The summed E-state index contributed by atoms with van der Waals surface area (Å²) in [7, 11) is -3.74. The number of benzene rings is 2. The van der Waals surface area contributed by atoms with Crippen molar-refractivity contribution in [3.63, 3.8) is 0 Å². The van der Waals surface area contributed by atoms with Gasteiger partial charge in [-0.3, -0.25) is 9.69 Å². The summed E-state index contributed by atoms with van der Waals surface area (Å²) in [5.41, 5.74) is 1.35. The molecule has 0 aromatic heterocycles. The van der Waals surface area contributed by atoms with E-state index in [-0.39, 0.29) is 5.56 Å². The highest BCUT2D eigenvalue weighted by molar-refractivity contribution is 9.10. The first-order valence-corrected chi connectivity index (χ1v) is 13.2. The number of piperazine rings is 1. The summed E-state index contributed by atoms with van der Waals surface area (Å²) in [5.74, 6) is -1.70. The molecule has 2 aromatic rings. The summed E-state index contributed by atoms with van der Waals surface area (Å²) >= 11 is 15.6. The van der Waals surface area contributed by atoms with Gasteiger partial charge in [0.2, 0.25) is 10.0 Å². The number of carbonyl (C=O) groups excluding carboxylic acids is 1. The summed E-state index contributed by atoms with van der Waals surface area (Å²) < 4.78 is 41.1. The third kappa shape index (κ3) is 5.56. The zero-order valence-electron chi connectivity index (χ0n) is 17.0. The van der Waals surface area contributed by atoms with Gasteiger partial charge in [0.25, 0.3) is 5.91 Å². The second-order valence-electron chi connectivity index (χ2n) is 7.99. The van der Waals surface area contributed by atoms with Gasteiger partial charge >= 0.3 is 0 Å². The largest absolute Gasteiger partial charge is 0.369 e.